The van der Waals surface area contributed by atoms with Crippen LogP contribution in [-0.2, 0) is 0 Å². The molecular formula is C27H29N3O3S. The van der Waals surface area contributed by atoms with E-state index in [0.717, 1.165) is 12.0 Å². The van der Waals surface area contributed by atoms with E-state index < -0.39 is 0 Å². The van der Waals surface area contributed by atoms with Gasteiger partial charge in [-0.25, -0.2) is 0 Å². The topological polar surface area (TPSA) is 79.5 Å². The van der Waals surface area contributed by atoms with Crippen LogP contribution in [0, 0.1) is 0 Å². The van der Waals surface area contributed by atoms with E-state index in [9.17, 15) is 9.59 Å². The van der Waals surface area contributed by atoms with Crippen molar-refractivity contribution in [2.45, 2.75) is 39.3 Å². The summed E-state index contributed by atoms with van der Waals surface area (Å²) in [5.74, 6) is 0.00522. The predicted octanol–water partition coefficient (Wildman–Crippen LogP) is 5.48. The highest BCUT2D eigenvalue weighted by Crippen LogP contribution is 2.19. The second kappa shape index (κ2) is 12.0. The number of amides is 2. The van der Waals surface area contributed by atoms with Crippen molar-refractivity contribution in [2.24, 2.45) is 0 Å². The molecule has 0 bridgehead atoms. The molecule has 3 N–H and O–H groups in total. The molecule has 3 aromatic rings. The number of nitrogens with one attached hydrogen (secondary N) is 3. The van der Waals surface area contributed by atoms with E-state index in [0.29, 0.717) is 22.6 Å². The molecule has 0 aliphatic rings. The van der Waals surface area contributed by atoms with Crippen molar-refractivity contribution >= 4 is 34.8 Å². The lowest BCUT2D eigenvalue weighted by molar-refractivity contribution is 0.0939. The van der Waals surface area contributed by atoms with Gasteiger partial charge in [0.1, 0.15) is 5.75 Å². The lowest BCUT2D eigenvalue weighted by atomic mass is 10.1. The minimum atomic E-state index is -0.369. The van der Waals surface area contributed by atoms with Crippen LogP contribution in [0.25, 0.3) is 0 Å². The first kappa shape index (κ1) is 24.9. The SMILES string of the molecule is CCC(C)Oc1cccc(C(=O)NC(=S)Nc2ccccc2C(=O)NC(C)c2ccccc2)c1. The standard InChI is InChI=1S/C27H29N3O3S/c1-4-18(2)33-22-14-10-13-21(17-22)25(31)30-27(34)29-24-16-9-8-15-23(24)26(32)28-19(3)20-11-6-5-7-12-20/h5-19H,4H2,1-3H3,(H,28,32)(H2,29,30,31,34). The minimum absolute atomic E-state index is 0.0494. The molecule has 2 unspecified atom stereocenters. The van der Waals surface area contributed by atoms with Crippen molar-refractivity contribution in [1.29, 1.82) is 0 Å². The van der Waals surface area contributed by atoms with Gasteiger partial charge in [-0.1, -0.05) is 55.5 Å². The molecule has 0 saturated carbocycles. The molecule has 0 radical (unpaired) electrons. The van der Waals surface area contributed by atoms with Gasteiger partial charge in [-0.15, -0.1) is 0 Å². The fourth-order valence-electron chi connectivity index (χ4n) is 3.24. The number of hydrogen-bond acceptors (Lipinski definition) is 4. The molecule has 6 nitrogen and oxygen atoms in total. The second-order valence-corrected chi connectivity index (χ2v) is 8.33. The average molecular weight is 476 g/mol. The Morgan fingerprint density at radius 2 is 1.62 bits per heavy atom. The van der Waals surface area contributed by atoms with Crippen LogP contribution < -0.4 is 20.7 Å². The number of thiocarbonyl (C=S) groups is 1. The summed E-state index contributed by atoms with van der Waals surface area (Å²) in [5, 5.41) is 8.72. The Morgan fingerprint density at radius 3 is 2.35 bits per heavy atom. The third-order valence-corrected chi connectivity index (χ3v) is 5.51. The molecule has 3 aromatic carbocycles. The minimum Gasteiger partial charge on any atom is -0.491 e. The maximum Gasteiger partial charge on any atom is 0.257 e. The zero-order valence-electron chi connectivity index (χ0n) is 19.5. The normalized spacial score (nSPS) is 12.2. The summed E-state index contributed by atoms with van der Waals surface area (Å²) >= 11 is 5.34. The Labute approximate surface area is 205 Å². The maximum absolute atomic E-state index is 12.9. The van der Waals surface area contributed by atoms with Gasteiger partial charge < -0.3 is 15.4 Å². The van der Waals surface area contributed by atoms with Gasteiger partial charge in [0, 0.05) is 5.56 Å². The van der Waals surface area contributed by atoms with Crippen LogP contribution >= 0.6 is 12.2 Å². The molecule has 7 heteroatoms. The summed E-state index contributed by atoms with van der Waals surface area (Å²) in [6, 6.07) is 23.5. The predicted molar refractivity (Wildman–Crippen MR) is 139 cm³/mol. The van der Waals surface area contributed by atoms with E-state index in [1.54, 1.807) is 42.5 Å². The van der Waals surface area contributed by atoms with Crippen LogP contribution in [0.2, 0.25) is 0 Å². The lowest BCUT2D eigenvalue weighted by Crippen LogP contribution is -2.35. The number of carbonyl (C=O) groups is 2. The highest BCUT2D eigenvalue weighted by atomic mass is 32.1. The van der Waals surface area contributed by atoms with Crippen molar-refractivity contribution < 1.29 is 14.3 Å². The first-order valence-electron chi connectivity index (χ1n) is 11.2. The van der Waals surface area contributed by atoms with E-state index in [2.05, 4.69) is 16.0 Å². The number of ether oxygens (including phenoxy) is 1. The van der Waals surface area contributed by atoms with Gasteiger partial charge in [0.25, 0.3) is 11.8 Å². The molecule has 2 amide bonds. The van der Waals surface area contributed by atoms with E-state index in [4.69, 9.17) is 17.0 Å². The van der Waals surface area contributed by atoms with Gasteiger partial charge in [0.05, 0.1) is 23.4 Å². The number of para-hydroxylation sites is 1. The second-order valence-electron chi connectivity index (χ2n) is 7.92. The summed E-state index contributed by atoms with van der Waals surface area (Å²) in [6.07, 6.45) is 0.912. The molecule has 34 heavy (non-hydrogen) atoms. The monoisotopic (exact) mass is 475 g/mol. The molecule has 0 fully saturated rings. The quantitative estimate of drug-likeness (QED) is 0.376. The Kier molecular flexibility index (Phi) is 8.76. The number of hydrogen-bond donors (Lipinski definition) is 3. The third-order valence-electron chi connectivity index (χ3n) is 5.30. The molecule has 0 aliphatic heterocycles. The van der Waals surface area contributed by atoms with E-state index >= 15 is 0 Å². The Hall–Kier alpha value is -3.71. The zero-order valence-corrected chi connectivity index (χ0v) is 20.3. The zero-order chi connectivity index (χ0) is 24.5. The van der Waals surface area contributed by atoms with E-state index in [1.807, 2.05) is 57.2 Å². The molecule has 3 rings (SSSR count). The molecule has 0 heterocycles. The first-order valence-corrected chi connectivity index (χ1v) is 11.6. The number of anilines is 1. The molecule has 0 saturated heterocycles. The Bertz CT molecular complexity index is 1150. The smallest absolute Gasteiger partial charge is 0.257 e. The van der Waals surface area contributed by atoms with E-state index in [-0.39, 0.29) is 29.1 Å². The first-order chi connectivity index (χ1) is 16.4. The van der Waals surface area contributed by atoms with Crippen LogP contribution in [0.15, 0.2) is 78.9 Å². The van der Waals surface area contributed by atoms with Gasteiger partial charge in [-0.2, -0.15) is 0 Å². The van der Waals surface area contributed by atoms with Gasteiger partial charge in [0.2, 0.25) is 0 Å². The van der Waals surface area contributed by atoms with Crippen LogP contribution in [0.5, 0.6) is 5.75 Å². The fourth-order valence-corrected chi connectivity index (χ4v) is 3.45. The Morgan fingerprint density at radius 1 is 0.912 bits per heavy atom. The van der Waals surface area contributed by atoms with Gasteiger partial charge >= 0.3 is 0 Å². The largest absolute Gasteiger partial charge is 0.491 e. The summed E-state index contributed by atoms with van der Waals surface area (Å²) in [5.41, 5.74) is 2.35. The molecular weight excluding hydrogens is 446 g/mol. The third kappa shape index (κ3) is 6.89. The van der Waals surface area contributed by atoms with Crippen molar-refractivity contribution in [3.05, 3.63) is 95.6 Å². The summed E-state index contributed by atoms with van der Waals surface area (Å²) in [7, 11) is 0. The van der Waals surface area contributed by atoms with Crippen LogP contribution in [0.1, 0.15) is 59.5 Å². The fraction of sp³-hybridized carbons (Fsp3) is 0.222. The van der Waals surface area contributed by atoms with Gasteiger partial charge in [-0.05, 0) is 68.4 Å². The van der Waals surface area contributed by atoms with Crippen LogP contribution in [0.3, 0.4) is 0 Å². The van der Waals surface area contributed by atoms with Gasteiger partial charge in [0.15, 0.2) is 5.11 Å². The lowest BCUT2D eigenvalue weighted by Gasteiger charge is -2.17. The van der Waals surface area contributed by atoms with E-state index in [1.165, 1.54) is 0 Å². The van der Waals surface area contributed by atoms with Crippen molar-refractivity contribution in [1.82, 2.24) is 10.6 Å². The molecule has 0 aliphatic carbocycles. The number of rotatable bonds is 8. The van der Waals surface area contributed by atoms with Crippen molar-refractivity contribution in [3.8, 4) is 5.75 Å². The summed E-state index contributed by atoms with van der Waals surface area (Å²) in [4.78, 5) is 25.6. The number of carbonyl (C=O) groups excluding carboxylic acids is 2. The maximum atomic E-state index is 12.9. The summed E-state index contributed by atoms with van der Waals surface area (Å²) < 4.78 is 5.79. The Balaban J connectivity index is 1.65. The van der Waals surface area contributed by atoms with Crippen molar-refractivity contribution in [3.63, 3.8) is 0 Å². The molecule has 0 aromatic heterocycles. The molecule has 2 atom stereocenters. The summed E-state index contributed by atoms with van der Waals surface area (Å²) in [6.45, 7) is 5.93. The highest BCUT2D eigenvalue weighted by molar-refractivity contribution is 7.80. The highest BCUT2D eigenvalue weighted by Gasteiger charge is 2.16. The molecule has 176 valence electrons. The van der Waals surface area contributed by atoms with Crippen molar-refractivity contribution in [2.75, 3.05) is 5.32 Å². The van der Waals surface area contributed by atoms with Gasteiger partial charge in [-0.3, -0.25) is 14.9 Å². The molecule has 0 spiro atoms. The van der Waals surface area contributed by atoms with Crippen LogP contribution in [-0.4, -0.2) is 23.0 Å². The number of benzene rings is 3. The average Bonchev–Trinajstić information content (AvgIpc) is 2.84. The van der Waals surface area contributed by atoms with Crippen LogP contribution in [0.4, 0.5) is 5.69 Å².